The van der Waals surface area contributed by atoms with Gasteiger partial charge in [0.25, 0.3) is 0 Å². The number of aryl methyl sites for hydroxylation is 1. The van der Waals surface area contributed by atoms with Gasteiger partial charge in [-0.05, 0) is 36.1 Å². The predicted octanol–water partition coefficient (Wildman–Crippen LogP) is 3.69. The molecule has 1 aliphatic heterocycles. The Bertz CT molecular complexity index is 645. The standard InChI is InChI=1S/C16H16O3S/c1-10-6-18-14-4-3-12(5-15(14)19-7-10)16(17)13-9-20-8-11(13)2/h3-5,8-10H,6-7H2,1-2H3. The third kappa shape index (κ3) is 2.43. The molecule has 20 heavy (non-hydrogen) atoms. The minimum absolute atomic E-state index is 0.0347. The number of carbonyl (C=O) groups is 1. The fourth-order valence-corrected chi connectivity index (χ4v) is 2.97. The zero-order valence-electron chi connectivity index (χ0n) is 11.5. The average Bonchev–Trinajstić information content (AvgIpc) is 2.79. The van der Waals surface area contributed by atoms with E-state index in [4.69, 9.17) is 9.47 Å². The normalized spacial score (nSPS) is 17.6. The molecule has 3 nitrogen and oxygen atoms in total. The van der Waals surface area contributed by atoms with Crippen molar-refractivity contribution in [3.8, 4) is 11.5 Å². The highest BCUT2D eigenvalue weighted by Gasteiger charge is 2.18. The van der Waals surface area contributed by atoms with Crippen LogP contribution >= 0.6 is 11.3 Å². The summed E-state index contributed by atoms with van der Waals surface area (Å²) in [6.07, 6.45) is 0. The molecule has 2 aromatic rings. The Hall–Kier alpha value is -1.81. The summed E-state index contributed by atoms with van der Waals surface area (Å²) in [5.41, 5.74) is 2.42. The van der Waals surface area contributed by atoms with Gasteiger partial charge >= 0.3 is 0 Å². The lowest BCUT2D eigenvalue weighted by Crippen LogP contribution is -2.12. The highest BCUT2D eigenvalue weighted by atomic mass is 32.1. The molecule has 1 aromatic heterocycles. The number of ketones is 1. The average molecular weight is 288 g/mol. The van der Waals surface area contributed by atoms with Gasteiger partial charge in [0.15, 0.2) is 17.3 Å². The maximum Gasteiger partial charge on any atom is 0.194 e. The number of hydrogen-bond acceptors (Lipinski definition) is 4. The lowest BCUT2D eigenvalue weighted by atomic mass is 10.0. The van der Waals surface area contributed by atoms with Crippen LogP contribution < -0.4 is 9.47 Å². The summed E-state index contributed by atoms with van der Waals surface area (Å²) in [5.74, 6) is 1.76. The highest BCUT2D eigenvalue weighted by molar-refractivity contribution is 7.08. The molecular formula is C16H16O3S. The van der Waals surface area contributed by atoms with Crippen LogP contribution in [0.2, 0.25) is 0 Å². The van der Waals surface area contributed by atoms with Crippen molar-refractivity contribution in [1.82, 2.24) is 0 Å². The summed E-state index contributed by atoms with van der Waals surface area (Å²) < 4.78 is 11.4. The van der Waals surface area contributed by atoms with E-state index in [1.807, 2.05) is 23.8 Å². The topological polar surface area (TPSA) is 35.5 Å². The number of rotatable bonds is 2. The number of fused-ring (bicyclic) bond motifs is 1. The number of thiophene rings is 1. The van der Waals surface area contributed by atoms with Crippen molar-refractivity contribution in [2.24, 2.45) is 5.92 Å². The third-order valence-corrected chi connectivity index (χ3v) is 4.21. The molecule has 2 heterocycles. The molecule has 1 atom stereocenters. The van der Waals surface area contributed by atoms with E-state index in [9.17, 15) is 4.79 Å². The van der Waals surface area contributed by atoms with E-state index in [2.05, 4.69) is 6.92 Å². The third-order valence-electron chi connectivity index (χ3n) is 3.35. The molecule has 1 aliphatic rings. The smallest absolute Gasteiger partial charge is 0.194 e. The van der Waals surface area contributed by atoms with E-state index in [1.165, 1.54) is 0 Å². The molecule has 0 bridgehead atoms. The fraction of sp³-hybridized carbons (Fsp3) is 0.312. The van der Waals surface area contributed by atoms with Crippen LogP contribution in [0.5, 0.6) is 11.5 Å². The summed E-state index contributed by atoms with van der Waals surface area (Å²) >= 11 is 1.54. The Labute approximate surface area is 122 Å². The first kappa shape index (κ1) is 13.2. The molecule has 0 radical (unpaired) electrons. The van der Waals surface area contributed by atoms with Crippen LogP contribution in [0.3, 0.4) is 0 Å². The van der Waals surface area contributed by atoms with E-state index >= 15 is 0 Å². The maximum atomic E-state index is 12.5. The molecule has 0 aliphatic carbocycles. The van der Waals surface area contributed by atoms with E-state index in [0.717, 1.165) is 11.1 Å². The van der Waals surface area contributed by atoms with Gasteiger partial charge in [-0.2, -0.15) is 11.3 Å². The summed E-state index contributed by atoms with van der Waals surface area (Å²) in [6.45, 7) is 5.28. The molecule has 0 N–H and O–H groups in total. The highest BCUT2D eigenvalue weighted by Crippen LogP contribution is 2.32. The van der Waals surface area contributed by atoms with Crippen molar-refractivity contribution in [1.29, 1.82) is 0 Å². The molecule has 0 saturated heterocycles. The maximum absolute atomic E-state index is 12.5. The van der Waals surface area contributed by atoms with E-state index in [-0.39, 0.29) is 5.78 Å². The summed E-state index contributed by atoms with van der Waals surface area (Å²) in [7, 11) is 0. The van der Waals surface area contributed by atoms with E-state index in [0.29, 0.717) is 36.2 Å². The largest absolute Gasteiger partial charge is 0.489 e. The molecule has 3 rings (SSSR count). The molecule has 0 saturated carbocycles. The molecular weight excluding hydrogens is 272 g/mol. The van der Waals surface area contributed by atoms with Gasteiger partial charge in [0.2, 0.25) is 0 Å². The number of hydrogen-bond donors (Lipinski definition) is 0. The van der Waals surface area contributed by atoms with Crippen molar-refractivity contribution in [3.63, 3.8) is 0 Å². The second kappa shape index (κ2) is 5.29. The summed E-state index contributed by atoms with van der Waals surface area (Å²) in [5, 5.41) is 3.88. The second-order valence-corrected chi connectivity index (χ2v) is 5.93. The van der Waals surface area contributed by atoms with Crippen molar-refractivity contribution in [2.45, 2.75) is 13.8 Å². The van der Waals surface area contributed by atoms with Crippen molar-refractivity contribution in [2.75, 3.05) is 13.2 Å². The van der Waals surface area contributed by atoms with E-state index in [1.54, 1.807) is 23.5 Å². The number of ether oxygens (including phenoxy) is 2. The van der Waals surface area contributed by atoms with Gasteiger partial charge in [0, 0.05) is 22.4 Å². The molecule has 0 fully saturated rings. The monoisotopic (exact) mass is 288 g/mol. The number of benzene rings is 1. The summed E-state index contributed by atoms with van der Waals surface area (Å²) in [6, 6.07) is 5.41. The second-order valence-electron chi connectivity index (χ2n) is 5.19. The van der Waals surface area contributed by atoms with Crippen LogP contribution in [-0.2, 0) is 0 Å². The SMILES string of the molecule is Cc1cscc1C(=O)c1ccc2c(c1)OCC(C)CO2. The van der Waals surface area contributed by atoms with Crippen LogP contribution in [0, 0.1) is 12.8 Å². The van der Waals surface area contributed by atoms with Gasteiger partial charge in [-0.15, -0.1) is 0 Å². The number of carbonyl (C=O) groups excluding carboxylic acids is 1. The Morgan fingerprint density at radius 3 is 2.65 bits per heavy atom. The molecule has 1 aromatic carbocycles. The van der Waals surface area contributed by atoms with Crippen LogP contribution in [0.4, 0.5) is 0 Å². The minimum atomic E-state index is 0.0347. The summed E-state index contributed by atoms with van der Waals surface area (Å²) in [4.78, 5) is 12.5. The Kier molecular flexibility index (Phi) is 3.49. The predicted molar refractivity (Wildman–Crippen MR) is 79.1 cm³/mol. The van der Waals surface area contributed by atoms with Gasteiger partial charge < -0.3 is 9.47 Å². The quantitative estimate of drug-likeness (QED) is 0.791. The van der Waals surface area contributed by atoms with Gasteiger partial charge in [0.1, 0.15) is 0 Å². The lowest BCUT2D eigenvalue weighted by Gasteiger charge is -2.08. The Balaban J connectivity index is 1.93. The molecule has 0 spiro atoms. The molecule has 4 heteroatoms. The van der Waals surface area contributed by atoms with Crippen molar-refractivity contribution >= 4 is 17.1 Å². The zero-order valence-corrected chi connectivity index (χ0v) is 12.3. The van der Waals surface area contributed by atoms with Gasteiger partial charge in [0.05, 0.1) is 13.2 Å². The first-order chi connectivity index (χ1) is 9.65. The first-order valence-electron chi connectivity index (χ1n) is 6.62. The Morgan fingerprint density at radius 1 is 1.20 bits per heavy atom. The fourth-order valence-electron chi connectivity index (χ4n) is 2.14. The van der Waals surface area contributed by atoms with Gasteiger partial charge in [-0.25, -0.2) is 0 Å². The van der Waals surface area contributed by atoms with Gasteiger partial charge in [-0.1, -0.05) is 6.92 Å². The minimum Gasteiger partial charge on any atom is -0.489 e. The molecule has 104 valence electrons. The zero-order chi connectivity index (χ0) is 14.1. The Morgan fingerprint density at radius 2 is 1.95 bits per heavy atom. The van der Waals surface area contributed by atoms with Crippen LogP contribution in [-0.4, -0.2) is 19.0 Å². The van der Waals surface area contributed by atoms with Crippen LogP contribution in [0.1, 0.15) is 28.4 Å². The first-order valence-corrected chi connectivity index (χ1v) is 7.56. The van der Waals surface area contributed by atoms with Crippen molar-refractivity contribution in [3.05, 3.63) is 45.6 Å². The molecule has 1 unspecified atom stereocenters. The van der Waals surface area contributed by atoms with Gasteiger partial charge in [-0.3, -0.25) is 4.79 Å². The van der Waals surface area contributed by atoms with Crippen molar-refractivity contribution < 1.29 is 14.3 Å². The van der Waals surface area contributed by atoms with Crippen LogP contribution in [0.25, 0.3) is 0 Å². The van der Waals surface area contributed by atoms with E-state index < -0.39 is 0 Å². The lowest BCUT2D eigenvalue weighted by molar-refractivity contribution is 0.103. The molecule has 0 amide bonds. The van der Waals surface area contributed by atoms with Crippen LogP contribution in [0.15, 0.2) is 29.0 Å².